The third-order valence-electron chi connectivity index (χ3n) is 3.14. The fraction of sp³-hybridized carbons (Fsp3) is 0.917. The van der Waals surface area contributed by atoms with Gasteiger partial charge in [0, 0.05) is 25.5 Å². The summed E-state index contributed by atoms with van der Waals surface area (Å²) in [5.41, 5.74) is 0. The molecule has 0 radical (unpaired) electrons. The Balaban J connectivity index is 2.37. The monoisotopic (exact) mass is 301 g/mol. The van der Waals surface area contributed by atoms with Gasteiger partial charge in [-0.3, -0.25) is 4.79 Å². The molecule has 1 fully saturated rings. The van der Waals surface area contributed by atoms with Crippen LogP contribution in [-0.4, -0.2) is 48.7 Å². The maximum Gasteiger partial charge on any atom is 0.406 e. The van der Waals surface area contributed by atoms with Crippen molar-refractivity contribution >= 4 is 17.5 Å². The molecule has 1 amide bonds. The van der Waals surface area contributed by atoms with E-state index in [1.165, 1.54) is 0 Å². The minimum atomic E-state index is -4.38. The van der Waals surface area contributed by atoms with Crippen molar-refractivity contribution in [2.75, 3.05) is 25.6 Å². The summed E-state index contributed by atoms with van der Waals surface area (Å²) in [6, 6.07) is 0. The number of halogens is 4. The van der Waals surface area contributed by atoms with E-state index in [1.54, 1.807) is 0 Å². The maximum atomic E-state index is 12.3. The van der Waals surface area contributed by atoms with Crippen molar-refractivity contribution in [3.8, 4) is 0 Å². The van der Waals surface area contributed by atoms with Crippen LogP contribution in [0, 0.1) is 5.92 Å². The molecule has 0 aromatic heterocycles. The first-order valence-corrected chi connectivity index (χ1v) is 6.91. The summed E-state index contributed by atoms with van der Waals surface area (Å²) in [6.45, 7) is 1.23. The largest absolute Gasteiger partial charge is 0.406 e. The highest BCUT2D eigenvalue weighted by molar-refractivity contribution is 6.18. The molecule has 1 aliphatic rings. The van der Waals surface area contributed by atoms with Crippen LogP contribution in [0.25, 0.3) is 0 Å². The van der Waals surface area contributed by atoms with Crippen molar-refractivity contribution in [1.82, 2.24) is 4.90 Å². The van der Waals surface area contributed by atoms with Crippen molar-refractivity contribution in [3.05, 3.63) is 0 Å². The molecule has 0 aromatic rings. The van der Waals surface area contributed by atoms with Gasteiger partial charge in [-0.15, -0.1) is 11.6 Å². The molecule has 112 valence electrons. The lowest BCUT2D eigenvalue weighted by molar-refractivity contribution is -0.162. The fourth-order valence-electron chi connectivity index (χ4n) is 2.20. The van der Waals surface area contributed by atoms with Crippen molar-refractivity contribution in [3.63, 3.8) is 0 Å². The van der Waals surface area contributed by atoms with Crippen LogP contribution in [0.5, 0.6) is 0 Å². The fourth-order valence-corrected chi connectivity index (χ4v) is 2.40. The van der Waals surface area contributed by atoms with Gasteiger partial charge < -0.3 is 9.64 Å². The molecule has 1 rings (SSSR count). The lowest BCUT2D eigenvalue weighted by Gasteiger charge is -2.35. The van der Waals surface area contributed by atoms with E-state index in [4.69, 9.17) is 16.3 Å². The zero-order valence-corrected chi connectivity index (χ0v) is 11.6. The highest BCUT2D eigenvalue weighted by atomic mass is 35.5. The van der Waals surface area contributed by atoms with Gasteiger partial charge in [0.2, 0.25) is 5.91 Å². The SMILES string of the molecule is CCOC1CC(CC(=O)N(CCCl)CC(F)(F)F)C1. The van der Waals surface area contributed by atoms with Crippen LogP contribution < -0.4 is 0 Å². The molecule has 0 bridgehead atoms. The van der Waals surface area contributed by atoms with E-state index in [-0.39, 0.29) is 30.9 Å². The van der Waals surface area contributed by atoms with Crippen molar-refractivity contribution in [1.29, 1.82) is 0 Å². The van der Waals surface area contributed by atoms with E-state index >= 15 is 0 Å². The minimum Gasteiger partial charge on any atom is -0.378 e. The summed E-state index contributed by atoms with van der Waals surface area (Å²) in [5, 5.41) is 0. The molecule has 1 aliphatic carbocycles. The summed E-state index contributed by atoms with van der Waals surface area (Å²) in [5.74, 6) is -0.332. The third-order valence-corrected chi connectivity index (χ3v) is 3.30. The van der Waals surface area contributed by atoms with Gasteiger partial charge in [0.1, 0.15) is 6.54 Å². The first-order valence-electron chi connectivity index (χ1n) is 6.37. The molecule has 0 atom stereocenters. The summed E-state index contributed by atoms with van der Waals surface area (Å²) in [6.07, 6.45) is -2.57. The van der Waals surface area contributed by atoms with E-state index in [1.807, 2.05) is 6.92 Å². The van der Waals surface area contributed by atoms with E-state index in [9.17, 15) is 18.0 Å². The number of hydrogen-bond donors (Lipinski definition) is 0. The Labute approximate surface area is 116 Å². The summed E-state index contributed by atoms with van der Waals surface area (Å²) < 4.78 is 42.3. The predicted octanol–water partition coefficient (Wildman–Crippen LogP) is 2.82. The maximum absolute atomic E-state index is 12.3. The molecule has 0 N–H and O–H groups in total. The molecular formula is C12H19ClF3NO2. The van der Waals surface area contributed by atoms with Gasteiger partial charge in [0.05, 0.1) is 6.10 Å². The Kier molecular flexibility index (Phi) is 6.39. The first-order chi connectivity index (χ1) is 8.85. The zero-order valence-electron chi connectivity index (χ0n) is 10.9. The van der Waals surface area contributed by atoms with Crippen LogP contribution in [0.1, 0.15) is 26.2 Å². The lowest BCUT2D eigenvalue weighted by Crippen LogP contribution is -2.42. The minimum absolute atomic E-state index is 0.00799. The van der Waals surface area contributed by atoms with Gasteiger partial charge in [-0.05, 0) is 25.7 Å². The van der Waals surface area contributed by atoms with Crippen LogP contribution in [-0.2, 0) is 9.53 Å². The van der Waals surface area contributed by atoms with E-state index in [0.29, 0.717) is 6.61 Å². The molecule has 0 saturated heterocycles. The van der Waals surface area contributed by atoms with Crippen LogP contribution >= 0.6 is 11.6 Å². The molecule has 0 heterocycles. The van der Waals surface area contributed by atoms with Gasteiger partial charge in [0.25, 0.3) is 0 Å². The van der Waals surface area contributed by atoms with Crippen LogP contribution in [0.3, 0.4) is 0 Å². The molecule has 19 heavy (non-hydrogen) atoms. The predicted molar refractivity (Wildman–Crippen MR) is 66.1 cm³/mol. The van der Waals surface area contributed by atoms with Crippen LogP contribution in [0.4, 0.5) is 13.2 Å². The summed E-state index contributed by atoms with van der Waals surface area (Å²) in [7, 11) is 0. The average molecular weight is 302 g/mol. The second kappa shape index (κ2) is 7.33. The Morgan fingerprint density at radius 1 is 1.42 bits per heavy atom. The van der Waals surface area contributed by atoms with Gasteiger partial charge in [-0.25, -0.2) is 0 Å². The lowest BCUT2D eigenvalue weighted by atomic mass is 9.79. The number of carbonyl (C=O) groups excluding carboxylic acids is 1. The van der Waals surface area contributed by atoms with Crippen LogP contribution in [0.15, 0.2) is 0 Å². The molecule has 0 aliphatic heterocycles. The van der Waals surface area contributed by atoms with Crippen LogP contribution in [0.2, 0.25) is 0 Å². The van der Waals surface area contributed by atoms with E-state index in [2.05, 4.69) is 0 Å². The number of carbonyl (C=O) groups is 1. The second-order valence-electron chi connectivity index (χ2n) is 4.74. The Hall–Kier alpha value is -0.490. The normalized spacial score (nSPS) is 23.0. The van der Waals surface area contributed by atoms with E-state index in [0.717, 1.165) is 17.7 Å². The number of hydrogen-bond acceptors (Lipinski definition) is 2. The quantitative estimate of drug-likeness (QED) is 0.677. The van der Waals surface area contributed by atoms with Gasteiger partial charge in [-0.1, -0.05) is 0 Å². The summed E-state index contributed by atoms with van der Waals surface area (Å²) in [4.78, 5) is 12.6. The molecule has 1 saturated carbocycles. The Morgan fingerprint density at radius 3 is 2.53 bits per heavy atom. The molecule has 7 heteroatoms. The average Bonchev–Trinajstić information content (AvgIpc) is 2.23. The number of nitrogens with zero attached hydrogens (tertiary/aromatic N) is 1. The zero-order chi connectivity index (χ0) is 14.5. The van der Waals surface area contributed by atoms with Crippen molar-refractivity contribution in [2.24, 2.45) is 5.92 Å². The highest BCUT2D eigenvalue weighted by Gasteiger charge is 2.36. The summed E-state index contributed by atoms with van der Waals surface area (Å²) >= 11 is 5.44. The molecule has 0 unspecified atom stereocenters. The number of rotatable bonds is 7. The van der Waals surface area contributed by atoms with E-state index < -0.39 is 18.6 Å². The van der Waals surface area contributed by atoms with Gasteiger partial charge in [0.15, 0.2) is 0 Å². The third kappa shape index (κ3) is 5.99. The molecule has 3 nitrogen and oxygen atoms in total. The number of alkyl halides is 4. The molecule has 0 spiro atoms. The molecular weight excluding hydrogens is 283 g/mol. The standard InChI is InChI=1S/C12H19ClF3NO2/c1-2-19-10-5-9(6-10)7-11(18)17(4-3-13)8-12(14,15)16/h9-10H,2-8H2,1H3. The highest BCUT2D eigenvalue weighted by Crippen LogP contribution is 2.33. The van der Waals surface area contributed by atoms with Gasteiger partial charge in [-0.2, -0.15) is 13.2 Å². The molecule has 0 aromatic carbocycles. The topological polar surface area (TPSA) is 29.5 Å². The number of ether oxygens (including phenoxy) is 1. The first kappa shape index (κ1) is 16.6. The van der Waals surface area contributed by atoms with Crippen molar-refractivity contribution < 1.29 is 22.7 Å². The smallest absolute Gasteiger partial charge is 0.378 e. The Bertz CT molecular complexity index is 293. The van der Waals surface area contributed by atoms with Gasteiger partial charge >= 0.3 is 6.18 Å². The second-order valence-corrected chi connectivity index (χ2v) is 5.12. The number of amides is 1. The van der Waals surface area contributed by atoms with Crippen molar-refractivity contribution in [2.45, 2.75) is 38.5 Å². The Morgan fingerprint density at radius 2 is 2.05 bits per heavy atom.